The number of hydrogen-bond donors (Lipinski definition) is 0. The minimum Gasteiger partial charge on any atom is -0.207 e. The zero-order chi connectivity index (χ0) is 18.4. The molecule has 0 nitrogen and oxygen atoms in total. The van der Waals surface area contributed by atoms with Crippen LogP contribution in [0.5, 0.6) is 0 Å². The maximum absolute atomic E-state index is 14.3. The van der Waals surface area contributed by atoms with Gasteiger partial charge in [-0.25, -0.2) is 8.78 Å². The fourth-order valence-corrected chi connectivity index (χ4v) is 4.71. The van der Waals surface area contributed by atoms with Crippen LogP contribution in [0.25, 0.3) is 21.5 Å². The molecule has 5 rings (SSSR count). The molecule has 0 aliphatic heterocycles. The molecule has 2 heteroatoms. The van der Waals surface area contributed by atoms with Crippen LogP contribution in [-0.4, -0.2) is 0 Å². The number of halogens is 2. The summed E-state index contributed by atoms with van der Waals surface area (Å²) in [6.45, 7) is 0. The van der Waals surface area contributed by atoms with Gasteiger partial charge >= 0.3 is 0 Å². The van der Waals surface area contributed by atoms with Crippen molar-refractivity contribution in [3.8, 4) is 0 Å². The summed E-state index contributed by atoms with van der Waals surface area (Å²) in [5, 5.41) is 4.98. The number of fused-ring (bicyclic) bond motifs is 5. The highest BCUT2D eigenvalue weighted by atomic mass is 19.1. The number of hydrogen-bond acceptors (Lipinski definition) is 0. The molecule has 4 aromatic rings. The first kappa shape index (κ1) is 16.4. The van der Waals surface area contributed by atoms with Crippen LogP contribution in [-0.2, 0) is 12.8 Å². The molecule has 1 aliphatic carbocycles. The van der Waals surface area contributed by atoms with E-state index in [9.17, 15) is 8.78 Å². The highest BCUT2D eigenvalue weighted by molar-refractivity contribution is 6.08. The van der Waals surface area contributed by atoms with Crippen molar-refractivity contribution in [2.24, 2.45) is 0 Å². The molecule has 1 aliphatic rings. The van der Waals surface area contributed by atoms with Crippen LogP contribution < -0.4 is 0 Å². The average molecular weight is 358 g/mol. The van der Waals surface area contributed by atoms with Gasteiger partial charge in [-0.1, -0.05) is 48.5 Å². The van der Waals surface area contributed by atoms with Gasteiger partial charge in [0.1, 0.15) is 11.6 Å². The Balaban J connectivity index is 1.69. The first-order valence-corrected chi connectivity index (χ1v) is 9.58. The maximum atomic E-state index is 14.3. The Labute approximate surface area is 157 Å². The standard InChI is InChI=1S/C25H20F2/c26-20-10-13-24(27)19(15-20)14-18-6-3-5-17-9-11-22-21-7-2-1-4-16(21)8-12-23(22)25(17)18/h1-2,4,7-13,15,18H,3,5-6,14H2. The van der Waals surface area contributed by atoms with E-state index < -0.39 is 0 Å². The van der Waals surface area contributed by atoms with Crippen LogP contribution in [0.1, 0.15) is 35.4 Å². The van der Waals surface area contributed by atoms with Crippen molar-refractivity contribution in [2.45, 2.75) is 31.6 Å². The molecule has 27 heavy (non-hydrogen) atoms. The summed E-state index contributed by atoms with van der Waals surface area (Å²) in [6, 6.07) is 21.0. The zero-order valence-corrected chi connectivity index (χ0v) is 15.0. The highest BCUT2D eigenvalue weighted by Crippen LogP contribution is 2.40. The molecule has 1 unspecified atom stereocenters. The van der Waals surface area contributed by atoms with E-state index in [4.69, 9.17) is 0 Å². The van der Waals surface area contributed by atoms with Gasteiger partial charge in [-0.3, -0.25) is 0 Å². The van der Waals surface area contributed by atoms with E-state index in [1.54, 1.807) is 0 Å². The lowest BCUT2D eigenvalue weighted by Crippen LogP contribution is -2.13. The lowest BCUT2D eigenvalue weighted by molar-refractivity contribution is 0.528. The number of benzene rings is 4. The molecule has 0 radical (unpaired) electrons. The monoisotopic (exact) mass is 358 g/mol. The third-order valence-electron chi connectivity index (χ3n) is 5.94. The fourth-order valence-electron chi connectivity index (χ4n) is 4.71. The Morgan fingerprint density at radius 2 is 1.67 bits per heavy atom. The third kappa shape index (κ3) is 2.80. The summed E-state index contributed by atoms with van der Waals surface area (Å²) >= 11 is 0. The Morgan fingerprint density at radius 3 is 2.59 bits per heavy atom. The molecule has 0 saturated carbocycles. The Kier molecular flexibility index (Phi) is 3.93. The second kappa shape index (κ2) is 6.45. The smallest absolute Gasteiger partial charge is 0.126 e. The van der Waals surface area contributed by atoms with Crippen LogP contribution in [0.4, 0.5) is 8.78 Å². The lowest BCUT2D eigenvalue weighted by atomic mass is 9.77. The van der Waals surface area contributed by atoms with E-state index in [1.807, 2.05) is 0 Å². The largest absolute Gasteiger partial charge is 0.207 e. The summed E-state index contributed by atoms with van der Waals surface area (Å²) in [4.78, 5) is 0. The topological polar surface area (TPSA) is 0 Å². The molecular weight excluding hydrogens is 338 g/mol. The molecule has 0 amide bonds. The predicted molar refractivity (Wildman–Crippen MR) is 107 cm³/mol. The van der Waals surface area contributed by atoms with E-state index in [0.717, 1.165) is 19.3 Å². The zero-order valence-electron chi connectivity index (χ0n) is 15.0. The van der Waals surface area contributed by atoms with Gasteiger partial charge in [0.25, 0.3) is 0 Å². The second-order valence-corrected chi connectivity index (χ2v) is 7.55. The van der Waals surface area contributed by atoms with Crippen LogP contribution in [0.15, 0.2) is 66.7 Å². The van der Waals surface area contributed by atoms with Gasteiger partial charge in [-0.15, -0.1) is 0 Å². The normalized spacial score (nSPS) is 16.6. The first-order valence-electron chi connectivity index (χ1n) is 9.58. The first-order chi connectivity index (χ1) is 13.2. The molecule has 134 valence electrons. The summed E-state index contributed by atoms with van der Waals surface area (Å²) in [6.07, 6.45) is 3.70. The summed E-state index contributed by atoms with van der Waals surface area (Å²) < 4.78 is 27.9. The van der Waals surface area contributed by atoms with Crippen molar-refractivity contribution >= 4 is 21.5 Å². The van der Waals surface area contributed by atoms with Crippen molar-refractivity contribution in [1.29, 1.82) is 0 Å². The summed E-state index contributed by atoms with van der Waals surface area (Å²) in [5.74, 6) is -0.463. The van der Waals surface area contributed by atoms with Gasteiger partial charge in [0, 0.05) is 0 Å². The molecular formula is C25H20F2. The molecule has 0 spiro atoms. The van der Waals surface area contributed by atoms with Gasteiger partial charge in [0.05, 0.1) is 0 Å². The number of rotatable bonds is 2. The summed E-state index contributed by atoms with van der Waals surface area (Å²) in [5.41, 5.74) is 3.16. The second-order valence-electron chi connectivity index (χ2n) is 7.55. The third-order valence-corrected chi connectivity index (χ3v) is 5.94. The molecule has 0 saturated heterocycles. The van der Waals surface area contributed by atoms with Gasteiger partial charge < -0.3 is 0 Å². The molecule has 4 aromatic carbocycles. The Hall–Kier alpha value is -2.74. The van der Waals surface area contributed by atoms with Crippen molar-refractivity contribution in [1.82, 2.24) is 0 Å². The van der Waals surface area contributed by atoms with E-state index in [1.165, 1.54) is 50.9 Å². The molecule has 0 heterocycles. The van der Waals surface area contributed by atoms with Gasteiger partial charge in [-0.2, -0.15) is 0 Å². The van der Waals surface area contributed by atoms with Gasteiger partial charge in [-0.05, 0) is 88.0 Å². The van der Waals surface area contributed by atoms with E-state index in [2.05, 4.69) is 48.5 Å². The van der Waals surface area contributed by atoms with Gasteiger partial charge in [0.2, 0.25) is 0 Å². The molecule has 0 aromatic heterocycles. The fraction of sp³-hybridized carbons (Fsp3) is 0.200. The minimum absolute atomic E-state index is 0.218. The maximum Gasteiger partial charge on any atom is 0.126 e. The van der Waals surface area contributed by atoms with Crippen molar-refractivity contribution in [3.63, 3.8) is 0 Å². The van der Waals surface area contributed by atoms with Crippen molar-refractivity contribution < 1.29 is 8.78 Å². The highest BCUT2D eigenvalue weighted by Gasteiger charge is 2.24. The molecule has 0 fully saturated rings. The SMILES string of the molecule is Fc1ccc(F)c(CC2CCCc3ccc4c(ccc5ccccc54)c32)c1. The van der Waals surface area contributed by atoms with Crippen molar-refractivity contribution in [3.05, 3.63) is 95.1 Å². The molecule has 0 bridgehead atoms. The molecule has 0 N–H and O–H groups in total. The van der Waals surface area contributed by atoms with Gasteiger partial charge in [0.15, 0.2) is 0 Å². The van der Waals surface area contributed by atoms with Crippen LogP contribution in [0, 0.1) is 11.6 Å². The Bertz CT molecular complexity index is 1160. The quantitative estimate of drug-likeness (QED) is 0.341. The Morgan fingerprint density at radius 1 is 0.815 bits per heavy atom. The summed E-state index contributed by atoms with van der Waals surface area (Å²) in [7, 11) is 0. The number of aryl methyl sites for hydroxylation is 1. The van der Waals surface area contributed by atoms with Crippen molar-refractivity contribution in [2.75, 3.05) is 0 Å². The van der Waals surface area contributed by atoms with E-state index in [-0.39, 0.29) is 17.6 Å². The minimum atomic E-state index is -0.369. The molecule has 1 atom stereocenters. The lowest BCUT2D eigenvalue weighted by Gasteiger charge is -2.28. The van der Waals surface area contributed by atoms with Crippen LogP contribution in [0.3, 0.4) is 0 Å². The van der Waals surface area contributed by atoms with Crippen LogP contribution in [0.2, 0.25) is 0 Å². The van der Waals surface area contributed by atoms with E-state index in [0.29, 0.717) is 12.0 Å². The van der Waals surface area contributed by atoms with E-state index >= 15 is 0 Å². The van der Waals surface area contributed by atoms with Crippen LogP contribution >= 0.6 is 0 Å². The average Bonchev–Trinajstić information content (AvgIpc) is 2.70. The predicted octanol–water partition coefficient (Wildman–Crippen LogP) is 6.93.